The van der Waals surface area contributed by atoms with Crippen LogP contribution in [0, 0.1) is 6.92 Å². The topological polar surface area (TPSA) is 33.3 Å². The van der Waals surface area contributed by atoms with Crippen LogP contribution in [-0.4, -0.2) is 38.3 Å². The van der Waals surface area contributed by atoms with Gasteiger partial charge in [0, 0.05) is 52.7 Å². The minimum atomic E-state index is -0.419. The standard InChI is InChI=1S/C29H35N3O/c1-3-30-15-14-29-25(19-30)24-16-20(2)12-13-28(24)32(29)18-21(33)17-31-26-10-6-4-8-22(26)23-9-5-7-11-27(23)31/h4,6,8,10,12-13,16,21,33H,3,5,7,9,11,14-15,17-19H2,1-2H3. The van der Waals surface area contributed by atoms with Gasteiger partial charge >= 0.3 is 0 Å². The summed E-state index contributed by atoms with van der Waals surface area (Å²) in [6.45, 7) is 8.96. The summed E-state index contributed by atoms with van der Waals surface area (Å²) in [6, 6.07) is 15.6. The van der Waals surface area contributed by atoms with Crippen LogP contribution in [0.4, 0.5) is 0 Å². The smallest absolute Gasteiger partial charge is 0.0897 e. The van der Waals surface area contributed by atoms with E-state index in [9.17, 15) is 5.11 Å². The number of rotatable bonds is 5. The van der Waals surface area contributed by atoms with Gasteiger partial charge < -0.3 is 14.2 Å². The van der Waals surface area contributed by atoms with E-state index in [-0.39, 0.29) is 0 Å². The Labute approximate surface area is 196 Å². The van der Waals surface area contributed by atoms with Gasteiger partial charge in [-0.2, -0.15) is 0 Å². The number of nitrogens with zero attached hydrogens (tertiary/aromatic N) is 3. The van der Waals surface area contributed by atoms with E-state index in [1.165, 1.54) is 69.1 Å². The third-order valence-corrected chi connectivity index (χ3v) is 8.01. The number of likely N-dealkylation sites (N-methyl/N-ethyl adjacent to an activating group) is 1. The van der Waals surface area contributed by atoms with Gasteiger partial charge in [0.15, 0.2) is 0 Å². The van der Waals surface area contributed by atoms with Crippen molar-refractivity contribution in [1.29, 1.82) is 0 Å². The number of aryl methyl sites for hydroxylation is 2. The molecular formula is C29H35N3O. The molecule has 6 rings (SSSR count). The average molecular weight is 442 g/mol. The van der Waals surface area contributed by atoms with Crippen LogP contribution in [0.3, 0.4) is 0 Å². The largest absolute Gasteiger partial charge is 0.389 e. The number of benzene rings is 2. The molecule has 4 heteroatoms. The molecule has 2 aliphatic rings. The number of para-hydroxylation sites is 1. The Morgan fingerprint density at radius 3 is 2.39 bits per heavy atom. The normalized spacial score (nSPS) is 17.4. The molecule has 2 aromatic heterocycles. The van der Waals surface area contributed by atoms with Gasteiger partial charge in [0.2, 0.25) is 0 Å². The quantitative estimate of drug-likeness (QED) is 0.460. The molecule has 1 atom stereocenters. The molecule has 0 amide bonds. The maximum atomic E-state index is 11.4. The van der Waals surface area contributed by atoms with E-state index in [1.807, 2.05) is 0 Å². The second-order valence-electron chi connectivity index (χ2n) is 10.1. The Morgan fingerprint density at radius 1 is 0.848 bits per heavy atom. The van der Waals surface area contributed by atoms with Crippen molar-refractivity contribution in [1.82, 2.24) is 14.0 Å². The van der Waals surface area contributed by atoms with Crippen molar-refractivity contribution < 1.29 is 5.11 Å². The van der Waals surface area contributed by atoms with Crippen molar-refractivity contribution in [3.05, 3.63) is 70.5 Å². The summed E-state index contributed by atoms with van der Waals surface area (Å²) in [7, 11) is 0. The molecule has 0 spiro atoms. The molecule has 0 radical (unpaired) electrons. The number of hydrogen-bond donors (Lipinski definition) is 1. The fourth-order valence-corrected chi connectivity index (χ4v) is 6.37. The molecule has 4 aromatic rings. The molecule has 33 heavy (non-hydrogen) atoms. The molecule has 172 valence electrons. The second-order valence-corrected chi connectivity index (χ2v) is 10.1. The van der Waals surface area contributed by atoms with Crippen LogP contribution in [-0.2, 0) is 38.9 Å². The highest BCUT2D eigenvalue weighted by atomic mass is 16.3. The zero-order valence-corrected chi connectivity index (χ0v) is 20.0. The van der Waals surface area contributed by atoms with E-state index in [0.29, 0.717) is 13.1 Å². The van der Waals surface area contributed by atoms with E-state index in [0.717, 1.165) is 32.5 Å². The summed E-state index contributed by atoms with van der Waals surface area (Å²) in [5.74, 6) is 0. The van der Waals surface area contributed by atoms with Crippen LogP contribution in [0.15, 0.2) is 42.5 Å². The van der Waals surface area contributed by atoms with Gasteiger partial charge in [0.1, 0.15) is 0 Å². The number of aromatic nitrogens is 2. The lowest BCUT2D eigenvalue weighted by atomic mass is 9.95. The average Bonchev–Trinajstić information content (AvgIpc) is 3.31. The summed E-state index contributed by atoms with van der Waals surface area (Å²) in [6.07, 6.45) is 5.47. The van der Waals surface area contributed by atoms with E-state index in [4.69, 9.17) is 0 Å². The number of fused-ring (bicyclic) bond motifs is 6. The van der Waals surface area contributed by atoms with Crippen molar-refractivity contribution in [2.45, 2.75) is 71.7 Å². The lowest BCUT2D eigenvalue weighted by molar-refractivity contribution is 0.134. The molecule has 4 nitrogen and oxygen atoms in total. The zero-order valence-electron chi connectivity index (χ0n) is 20.0. The Kier molecular flexibility index (Phi) is 5.31. The fourth-order valence-electron chi connectivity index (χ4n) is 6.37. The molecule has 0 fully saturated rings. The Balaban J connectivity index is 1.37. The molecule has 1 aliphatic heterocycles. The minimum absolute atomic E-state index is 0.419. The summed E-state index contributed by atoms with van der Waals surface area (Å²) < 4.78 is 4.86. The summed E-state index contributed by atoms with van der Waals surface area (Å²) in [5.41, 5.74) is 9.75. The second kappa shape index (κ2) is 8.34. The maximum Gasteiger partial charge on any atom is 0.0897 e. The van der Waals surface area contributed by atoms with Crippen molar-refractivity contribution in [2.75, 3.05) is 13.1 Å². The zero-order chi connectivity index (χ0) is 22.5. The molecular weight excluding hydrogens is 406 g/mol. The fraction of sp³-hybridized carbons (Fsp3) is 0.448. The van der Waals surface area contributed by atoms with Crippen LogP contribution in [0.25, 0.3) is 21.8 Å². The number of aliphatic hydroxyl groups excluding tert-OH is 1. The number of aliphatic hydroxyl groups is 1. The van der Waals surface area contributed by atoms with Gasteiger partial charge in [-0.1, -0.05) is 36.8 Å². The Morgan fingerprint density at radius 2 is 1.58 bits per heavy atom. The summed E-state index contributed by atoms with van der Waals surface area (Å²) in [5, 5.41) is 14.2. The first-order valence-electron chi connectivity index (χ1n) is 12.7. The van der Waals surface area contributed by atoms with Gasteiger partial charge in [0.25, 0.3) is 0 Å². The molecule has 0 bridgehead atoms. The monoisotopic (exact) mass is 441 g/mol. The van der Waals surface area contributed by atoms with E-state index >= 15 is 0 Å². The maximum absolute atomic E-state index is 11.4. The Bertz CT molecular complexity index is 1330. The van der Waals surface area contributed by atoms with Crippen molar-refractivity contribution in [3.8, 4) is 0 Å². The number of hydrogen-bond acceptors (Lipinski definition) is 2. The van der Waals surface area contributed by atoms with Crippen LogP contribution < -0.4 is 0 Å². The molecule has 0 saturated carbocycles. The molecule has 3 heterocycles. The molecule has 1 N–H and O–H groups in total. The van der Waals surface area contributed by atoms with E-state index < -0.39 is 6.10 Å². The SMILES string of the molecule is CCN1CCc2c(c3cc(C)ccc3n2CC(O)Cn2c3c(c4ccccc42)CCCC3)C1. The first-order valence-corrected chi connectivity index (χ1v) is 12.7. The summed E-state index contributed by atoms with van der Waals surface area (Å²) in [4.78, 5) is 2.53. The van der Waals surface area contributed by atoms with Crippen LogP contribution in [0.2, 0.25) is 0 Å². The molecule has 1 unspecified atom stereocenters. The highest BCUT2D eigenvalue weighted by molar-refractivity contribution is 5.87. The van der Waals surface area contributed by atoms with E-state index in [2.05, 4.69) is 70.3 Å². The lowest BCUT2D eigenvalue weighted by Crippen LogP contribution is -2.32. The van der Waals surface area contributed by atoms with Crippen molar-refractivity contribution in [3.63, 3.8) is 0 Å². The highest BCUT2D eigenvalue weighted by Crippen LogP contribution is 2.34. The van der Waals surface area contributed by atoms with Crippen molar-refractivity contribution >= 4 is 21.8 Å². The first kappa shape index (κ1) is 21.0. The molecule has 0 saturated heterocycles. The minimum Gasteiger partial charge on any atom is -0.389 e. The predicted octanol–water partition coefficient (Wildman–Crippen LogP) is 5.22. The van der Waals surface area contributed by atoms with Gasteiger partial charge in [-0.3, -0.25) is 4.90 Å². The first-order chi connectivity index (χ1) is 16.1. The molecule has 1 aliphatic carbocycles. The summed E-state index contributed by atoms with van der Waals surface area (Å²) >= 11 is 0. The van der Waals surface area contributed by atoms with E-state index in [1.54, 1.807) is 0 Å². The third-order valence-electron chi connectivity index (χ3n) is 8.01. The van der Waals surface area contributed by atoms with Gasteiger partial charge in [0.05, 0.1) is 19.2 Å². The lowest BCUT2D eigenvalue weighted by Gasteiger charge is -2.27. The van der Waals surface area contributed by atoms with Crippen LogP contribution >= 0.6 is 0 Å². The third kappa shape index (κ3) is 3.51. The van der Waals surface area contributed by atoms with Crippen molar-refractivity contribution in [2.24, 2.45) is 0 Å². The van der Waals surface area contributed by atoms with Crippen LogP contribution in [0.5, 0.6) is 0 Å². The Hall–Kier alpha value is -2.56. The molecule has 2 aromatic carbocycles. The van der Waals surface area contributed by atoms with Gasteiger partial charge in [-0.15, -0.1) is 0 Å². The van der Waals surface area contributed by atoms with Gasteiger partial charge in [-0.25, -0.2) is 0 Å². The highest BCUT2D eigenvalue weighted by Gasteiger charge is 2.26. The van der Waals surface area contributed by atoms with Gasteiger partial charge in [-0.05, 0) is 68.5 Å². The predicted molar refractivity (Wildman–Crippen MR) is 136 cm³/mol. The van der Waals surface area contributed by atoms with Crippen LogP contribution in [0.1, 0.15) is 47.8 Å².